The Hall–Kier alpha value is -1.68. The lowest BCUT2D eigenvalue weighted by Crippen LogP contribution is -2.16. The number of carbonyl (C=O) groups excluding carboxylic acids is 1. The van der Waals surface area contributed by atoms with Crippen LogP contribution in [0.1, 0.15) is 22.8 Å². The van der Waals surface area contributed by atoms with Crippen molar-refractivity contribution in [3.05, 3.63) is 53.6 Å². The number of fused-ring (bicyclic) bond motifs is 1. The zero-order valence-electron chi connectivity index (χ0n) is 9.43. The molecule has 0 spiro atoms. The zero-order chi connectivity index (χ0) is 12.6. The van der Waals surface area contributed by atoms with Gasteiger partial charge in [-0.05, 0) is 6.08 Å². The van der Waals surface area contributed by atoms with Gasteiger partial charge in [-0.2, -0.15) is 0 Å². The van der Waals surface area contributed by atoms with Gasteiger partial charge in [-0.15, -0.1) is 0 Å². The van der Waals surface area contributed by atoms with Crippen molar-refractivity contribution in [2.45, 2.75) is 6.92 Å². The predicted octanol–water partition coefficient (Wildman–Crippen LogP) is 2.21. The Labute approximate surface area is 100 Å². The minimum absolute atomic E-state index is 0.00857. The highest BCUT2D eigenvalue weighted by molar-refractivity contribution is 8.00. The summed E-state index contributed by atoms with van der Waals surface area (Å²) < 4.78 is 23.9. The number of hydrogen-bond donors (Lipinski definition) is 0. The molecule has 17 heavy (non-hydrogen) atoms. The topological polar surface area (TPSA) is 51.2 Å². The molecule has 3 nitrogen and oxygen atoms in total. The van der Waals surface area contributed by atoms with Crippen molar-refractivity contribution in [2.24, 2.45) is 0 Å². The van der Waals surface area contributed by atoms with Crippen LogP contribution in [0.25, 0.3) is 4.91 Å². The molecule has 0 saturated heterocycles. The Kier molecular flexibility index (Phi) is 2.75. The number of benzene rings is 1. The van der Waals surface area contributed by atoms with Gasteiger partial charge in [0.05, 0.1) is 10.7 Å². The number of ketones is 1. The minimum Gasteiger partial charge on any atom is -0.289 e. The van der Waals surface area contributed by atoms with Crippen LogP contribution in [0, 0.1) is 0 Å². The molecule has 0 saturated carbocycles. The van der Waals surface area contributed by atoms with E-state index in [0.29, 0.717) is 11.1 Å². The van der Waals surface area contributed by atoms with Crippen LogP contribution in [0.4, 0.5) is 0 Å². The summed E-state index contributed by atoms with van der Waals surface area (Å²) >= 11 is 0. The highest BCUT2D eigenvalue weighted by Crippen LogP contribution is 2.32. The number of allylic oxidation sites excluding steroid dienone is 2. The fourth-order valence-corrected chi connectivity index (χ4v) is 2.93. The van der Waals surface area contributed by atoms with Crippen molar-refractivity contribution < 1.29 is 13.2 Å². The van der Waals surface area contributed by atoms with E-state index in [9.17, 15) is 13.2 Å². The second-order valence-corrected chi connectivity index (χ2v) is 6.06. The molecule has 0 fully saturated rings. The molecular formula is C13H12O3S. The van der Waals surface area contributed by atoms with Gasteiger partial charge in [0.25, 0.3) is 0 Å². The lowest BCUT2D eigenvalue weighted by molar-refractivity contribution is 0.103. The Morgan fingerprint density at radius 2 is 1.76 bits per heavy atom. The summed E-state index contributed by atoms with van der Waals surface area (Å²) in [4.78, 5) is 12.0. The normalized spacial score (nSPS) is 15.5. The Bertz CT molecular complexity index is 636. The van der Waals surface area contributed by atoms with Gasteiger partial charge in [-0.3, -0.25) is 4.79 Å². The van der Waals surface area contributed by atoms with Crippen LogP contribution in [0.3, 0.4) is 0 Å². The summed E-state index contributed by atoms with van der Waals surface area (Å²) in [6, 6.07) is 6.71. The van der Waals surface area contributed by atoms with E-state index in [1.807, 2.05) is 0 Å². The van der Waals surface area contributed by atoms with E-state index < -0.39 is 9.84 Å². The van der Waals surface area contributed by atoms with E-state index in [0.717, 1.165) is 0 Å². The highest BCUT2D eigenvalue weighted by atomic mass is 32.2. The lowest BCUT2D eigenvalue weighted by atomic mass is 9.93. The molecule has 1 aliphatic carbocycles. The first-order valence-corrected chi connectivity index (χ1v) is 6.90. The Morgan fingerprint density at radius 3 is 2.35 bits per heavy atom. The average molecular weight is 248 g/mol. The van der Waals surface area contributed by atoms with Gasteiger partial charge in [0.2, 0.25) is 0 Å². The molecule has 0 N–H and O–H groups in total. The Balaban J connectivity index is 2.75. The van der Waals surface area contributed by atoms with Crippen LogP contribution in [0.15, 0.2) is 42.5 Å². The van der Waals surface area contributed by atoms with Crippen molar-refractivity contribution in [3.8, 4) is 0 Å². The van der Waals surface area contributed by atoms with Gasteiger partial charge in [0.1, 0.15) is 0 Å². The first-order valence-electron chi connectivity index (χ1n) is 5.25. The molecule has 0 aromatic heterocycles. The summed E-state index contributed by atoms with van der Waals surface area (Å²) in [5.41, 5.74) is 1.11. The van der Waals surface area contributed by atoms with E-state index >= 15 is 0 Å². The van der Waals surface area contributed by atoms with Gasteiger partial charge < -0.3 is 0 Å². The number of Topliss-reactive ketones (excluding diaryl/α,β-unsaturated/α-hetero) is 1. The summed E-state index contributed by atoms with van der Waals surface area (Å²) in [5, 5.41) is 0. The van der Waals surface area contributed by atoms with Crippen LogP contribution in [-0.4, -0.2) is 20.0 Å². The second-order valence-electron chi connectivity index (χ2n) is 3.81. The SMILES string of the molecule is C=C1C=C(S(=O)(=O)CC)c2ccccc2C1=O. The van der Waals surface area contributed by atoms with Crippen LogP contribution >= 0.6 is 0 Å². The van der Waals surface area contributed by atoms with Crippen molar-refractivity contribution in [1.29, 1.82) is 0 Å². The maximum absolute atomic E-state index is 11.9. The Morgan fingerprint density at radius 1 is 1.18 bits per heavy atom. The lowest BCUT2D eigenvalue weighted by Gasteiger charge is -2.17. The van der Waals surface area contributed by atoms with Gasteiger partial charge in [0.15, 0.2) is 15.6 Å². The van der Waals surface area contributed by atoms with Gasteiger partial charge in [-0.25, -0.2) is 8.42 Å². The molecule has 4 heteroatoms. The fraction of sp³-hybridized carbons (Fsp3) is 0.154. The summed E-state index contributed by atoms with van der Waals surface area (Å²) in [7, 11) is -3.34. The number of sulfone groups is 1. The van der Waals surface area contributed by atoms with Crippen LogP contribution < -0.4 is 0 Å². The third-order valence-corrected chi connectivity index (χ3v) is 4.52. The van der Waals surface area contributed by atoms with E-state index in [2.05, 4.69) is 6.58 Å². The smallest absolute Gasteiger partial charge is 0.193 e. The molecular weight excluding hydrogens is 236 g/mol. The van der Waals surface area contributed by atoms with Crippen LogP contribution in [0.2, 0.25) is 0 Å². The number of rotatable bonds is 2. The molecule has 0 radical (unpaired) electrons. The molecule has 0 bridgehead atoms. The minimum atomic E-state index is -3.34. The van der Waals surface area contributed by atoms with Gasteiger partial charge >= 0.3 is 0 Å². The zero-order valence-corrected chi connectivity index (χ0v) is 10.3. The molecule has 88 valence electrons. The maximum Gasteiger partial charge on any atom is 0.193 e. The predicted molar refractivity (Wildman–Crippen MR) is 67.4 cm³/mol. The molecule has 1 aromatic rings. The molecule has 1 aliphatic rings. The maximum atomic E-state index is 11.9. The van der Waals surface area contributed by atoms with Crippen molar-refractivity contribution in [3.63, 3.8) is 0 Å². The monoisotopic (exact) mass is 248 g/mol. The highest BCUT2D eigenvalue weighted by Gasteiger charge is 2.27. The standard InChI is InChI=1S/C13H12O3S/c1-3-17(15,16)12-8-9(2)13(14)11-7-5-4-6-10(11)12/h4-8H,2-3H2,1H3. The van der Waals surface area contributed by atoms with Crippen LogP contribution in [-0.2, 0) is 9.84 Å². The summed E-state index contributed by atoms with van der Waals surface area (Å²) in [6.45, 7) is 5.18. The summed E-state index contributed by atoms with van der Waals surface area (Å²) in [6.07, 6.45) is 1.36. The van der Waals surface area contributed by atoms with E-state index in [1.54, 1.807) is 31.2 Å². The quantitative estimate of drug-likeness (QED) is 0.754. The van der Waals surface area contributed by atoms with Gasteiger partial charge in [-0.1, -0.05) is 37.8 Å². The van der Waals surface area contributed by atoms with E-state index in [-0.39, 0.29) is 22.0 Å². The third-order valence-electron chi connectivity index (χ3n) is 2.75. The van der Waals surface area contributed by atoms with Gasteiger partial charge in [0, 0.05) is 16.7 Å². The average Bonchev–Trinajstić information content (AvgIpc) is 2.33. The summed E-state index contributed by atoms with van der Waals surface area (Å²) in [5.74, 6) is -0.204. The van der Waals surface area contributed by atoms with Crippen molar-refractivity contribution in [2.75, 3.05) is 5.75 Å². The largest absolute Gasteiger partial charge is 0.289 e. The molecule has 0 amide bonds. The molecule has 1 aromatic carbocycles. The van der Waals surface area contributed by atoms with E-state index in [4.69, 9.17) is 0 Å². The second kappa shape index (κ2) is 3.96. The molecule has 0 heterocycles. The molecule has 0 unspecified atom stereocenters. The number of hydrogen-bond acceptors (Lipinski definition) is 3. The van der Waals surface area contributed by atoms with E-state index in [1.165, 1.54) is 6.08 Å². The van der Waals surface area contributed by atoms with Crippen LogP contribution in [0.5, 0.6) is 0 Å². The van der Waals surface area contributed by atoms with Crippen molar-refractivity contribution in [1.82, 2.24) is 0 Å². The molecule has 2 rings (SSSR count). The fourth-order valence-electron chi connectivity index (χ4n) is 1.78. The first-order chi connectivity index (χ1) is 7.97. The van der Waals surface area contributed by atoms with Crippen molar-refractivity contribution >= 4 is 20.5 Å². The first kappa shape index (κ1) is 11.8. The molecule has 0 aliphatic heterocycles. The number of carbonyl (C=O) groups is 1. The molecule has 0 atom stereocenters. The third kappa shape index (κ3) is 1.85.